The second kappa shape index (κ2) is 3.20. The summed E-state index contributed by atoms with van der Waals surface area (Å²) in [6.07, 6.45) is 0. The third-order valence-corrected chi connectivity index (χ3v) is 0.582. The average molecular weight is 136 g/mol. The van der Waals surface area contributed by atoms with Crippen molar-refractivity contribution in [3.8, 4) is 0 Å². The number of hydrogen-bond donors (Lipinski definition) is 2. The van der Waals surface area contributed by atoms with Gasteiger partial charge in [-0.3, -0.25) is 0 Å². The van der Waals surface area contributed by atoms with Crippen LogP contribution in [0.3, 0.4) is 0 Å². The molecular weight excluding hydrogens is 130 g/mol. The highest BCUT2D eigenvalue weighted by atomic mass is 35.5. The van der Waals surface area contributed by atoms with E-state index < -0.39 is 0 Å². The van der Waals surface area contributed by atoms with Crippen LogP contribution in [0.15, 0.2) is 0 Å². The van der Waals surface area contributed by atoms with Crippen LogP contribution in [0.2, 0.25) is 0 Å². The lowest BCUT2D eigenvalue weighted by Crippen LogP contribution is -1.88. The number of nitrogens with one attached hydrogen (secondary N) is 2. The zero-order chi connectivity index (χ0) is 5.11. The first-order valence-electron chi connectivity index (χ1n) is 1.85. The maximum absolute atomic E-state index is 3.51. The molecule has 0 aromatic carbocycles. The molecular formula is C2H6ClN5. The molecule has 0 atom stereocenters. The van der Waals surface area contributed by atoms with E-state index in [0.29, 0.717) is 5.95 Å². The fraction of sp³-hybridized carbons (Fsp3) is 0.500. The molecule has 0 amide bonds. The van der Waals surface area contributed by atoms with Crippen molar-refractivity contribution >= 4 is 18.4 Å². The maximum atomic E-state index is 3.51. The van der Waals surface area contributed by atoms with E-state index in [4.69, 9.17) is 0 Å². The number of nitrogens with zero attached hydrogens (tertiary/aromatic N) is 3. The monoisotopic (exact) mass is 135 g/mol. The van der Waals surface area contributed by atoms with E-state index in [9.17, 15) is 0 Å². The molecule has 0 fully saturated rings. The minimum absolute atomic E-state index is 0. The van der Waals surface area contributed by atoms with Gasteiger partial charge < -0.3 is 5.32 Å². The molecule has 0 radical (unpaired) electrons. The van der Waals surface area contributed by atoms with Crippen LogP contribution in [0, 0.1) is 0 Å². The minimum atomic E-state index is 0. The Morgan fingerprint density at radius 2 is 2.38 bits per heavy atom. The lowest BCUT2D eigenvalue weighted by Gasteiger charge is -1.81. The number of halogens is 1. The van der Waals surface area contributed by atoms with Crippen molar-refractivity contribution in [3.05, 3.63) is 0 Å². The Balaban J connectivity index is 0.000000490. The SMILES string of the molecule is CNc1nnn[nH]1.Cl. The third kappa shape index (κ3) is 1.34. The molecule has 1 heterocycles. The Kier molecular flexibility index (Phi) is 2.86. The van der Waals surface area contributed by atoms with Gasteiger partial charge in [-0.25, -0.2) is 5.10 Å². The highest BCUT2D eigenvalue weighted by Gasteiger charge is 1.84. The van der Waals surface area contributed by atoms with Gasteiger partial charge in [0.15, 0.2) is 0 Å². The van der Waals surface area contributed by atoms with E-state index in [1.807, 2.05) is 0 Å². The molecule has 0 saturated heterocycles. The van der Waals surface area contributed by atoms with Crippen molar-refractivity contribution in [1.29, 1.82) is 0 Å². The zero-order valence-electron chi connectivity index (χ0n) is 4.25. The van der Waals surface area contributed by atoms with Crippen LogP contribution in [0.25, 0.3) is 0 Å². The van der Waals surface area contributed by atoms with Crippen molar-refractivity contribution in [2.24, 2.45) is 0 Å². The summed E-state index contributed by atoms with van der Waals surface area (Å²) in [6.45, 7) is 0. The molecule has 2 N–H and O–H groups in total. The topological polar surface area (TPSA) is 66.5 Å². The number of anilines is 1. The molecule has 5 nitrogen and oxygen atoms in total. The molecule has 0 spiro atoms. The third-order valence-electron chi connectivity index (χ3n) is 0.582. The molecule has 0 aliphatic carbocycles. The molecule has 1 aromatic rings. The van der Waals surface area contributed by atoms with Gasteiger partial charge in [-0.05, 0) is 10.4 Å². The van der Waals surface area contributed by atoms with Gasteiger partial charge in [-0.2, -0.15) is 0 Å². The van der Waals surface area contributed by atoms with E-state index in [-0.39, 0.29) is 12.4 Å². The summed E-state index contributed by atoms with van der Waals surface area (Å²) in [5, 5.41) is 15.3. The molecule has 0 aliphatic rings. The largest absolute Gasteiger partial charge is 0.356 e. The summed E-state index contributed by atoms with van der Waals surface area (Å²) in [5.74, 6) is 0.583. The average Bonchev–Trinajstić information content (AvgIpc) is 2.14. The standard InChI is InChI=1S/C2H5N5.ClH/c1-3-2-4-6-7-5-2;/h1H3,(H2,3,4,5,6,7);1H. The fourth-order valence-corrected chi connectivity index (χ4v) is 0.265. The molecule has 1 rings (SSSR count). The van der Waals surface area contributed by atoms with Crippen molar-refractivity contribution in [2.75, 3.05) is 12.4 Å². The number of aromatic nitrogens is 4. The van der Waals surface area contributed by atoms with Crippen LogP contribution in [0.5, 0.6) is 0 Å². The molecule has 8 heavy (non-hydrogen) atoms. The summed E-state index contributed by atoms with van der Waals surface area (Å²) >= 11 is 0. The molecule has 1 aromatic heterocycles. The number of H-pyrrole nitrogens is 1. The van der Waals surface area contributed by atoms with E-state index in [2.05, 4.69) is 25.9 Å². The van der Waals surface area contributed by atoms with Gasteiger partial charge in [0, 0.05) is 7.05 Å². The van der Waals surface area contributed by atoms with E-state index in [1.165, 1.54) is 0 Å². The maximum Gasteiger partial charge on any atom is 0.240 e. The predicted octanol–water partition coefficient (Wildman–Crippen LogP) is -0.337. The van der Waals surface area contributed by atoms with Gasteiger partial charge in [-0.15, -0.1) is 12.4 Å². The van der Waals surface area contributed by atoms with Crippen molar-refractivity contribution < 1.29 is 0 Å². The van der Waals surface area contributed by atoms with Crippen LogP contribution in [0.1, 0.15) is 0 Å². The summed E-state index contributed by atoms with van der Waals surface area (Å²) < 4.78 is 0. The van der Waals surface area contributed by atoms with Crippen molar-refractivity contribution in [2.45, 2.75) is 0 Å². The Morgan fingerprint density at radius 3 is 2.62 bits per heavy atom. The first kappa shape index (κ1) is 7.16. The van der Waals surface area contributed by atoms with Crippen LogP contribution >= 0.6 is 12.4 Å². The second-order valence-electron chi connectivity index (χ2n) is 1.000. The molecule has 0 saturated carbocycles. The van der Waals surface area contributed by atoms with E-state index in [1.54, 1.807) is 7.05 Å². The normalized spacial score (nSPS) is 7.62. The zero-order valence-corrected chi connectivity index (χ0v) is 5.07. The first-order chi connectivity index (χ1) is 3.43. The second-order valence-corrected chi connectivity index (χ2v) is 1.000. The van der Waals surface area contributed by atoms with Crippen LogP contribution < -0.4 is 5.32 Å². The quantitative estimate of drug-likeness (QED) is 0.553. The van der Waals surface area contributed by atoms with E-state index in [0.717, 1.165) is 0 Å². The fourth-order valence-electron chi connectivity index (χ4n) is 0.265. The molecule has 0 unspecified atom stereocenters. The van der Waals surface area contributed by atoms with Gasteiger partial charge in [0.05, 0.1) is 0 Å². The number of aromatic amines is 1. The smallest absolute Gasteiger partial charge is 0.240 e. The van der Waals surface area contributed by atoms with Gasteiger partial charge in [-0.1, -0.05) is 5.10 Å². The summed E-state index contributed by atoms with van der Waals surface area (Å²) in [4.78, 5) is 0. The minimum Gasteiger partial charge on any atom is -0.356 e. The summed E-state index contributed by atoms with van der Waals surface area (Å²) in [5.41, 5.74) is 0. The van der Waals surface area contributed by atoms with Gasteiger partial charge in [0.2, 0.25) is 5.95 Å². The Morgan fingerprint density at radius 1 is 1.62 bits per heavy atom. The Labute approximate surface area is 52.3 Å². The van der Waals surface area contributed by atoms with Crippen molar-refractivity contribution in [1.82, 2.24) is 20.6 Å². The van der Waals surface area contributed by atoms with Gasteiger partial charge in [0.1, 0.15) is 0 Å². The van der Waals surface area contributed by atoms with Crippen LogP contribution in [0.4, 0.5) is 5.95 Å². The van der Waals surface area contributed by atoms with Gasteiger partial charge >= 0.3 is 0 Å². The first-order valence-corrected chi connectivity index (χ1v) is 1.85. The molecule has 6 heteroatoms. The number of hydrogen-bond acceptors (Lipinski definition) is 4. The lowest BCUT2D eigenvalue weighted by molar-refractivity contribution is 0.881. The highest BCUT2D eigenvalue weighted by Crippen LogP contribution is 1.82. The molecule has 0 aliphatic heterocycles. The summed E-state index contributed by atoms with van der Waals surface area (Å²) in [6, 6.07) is 0. The number of rotatable bonds is 1. The Bertz CT molecular complexity index is 125. The Hall–Kier alpha value is -0.840. The number of tetrazole rings is 1. The van der Waals surface area contributed by atoms with Crippen LogP contribution in [-0.2, 0) is 0 Å². The predicted molar refractivity (Wildman–Crippen MR) is 31.0 cm³/mol. The highest BCUT2D eigenvalue weighted by molar-refractivity contribution is 5.85. The lowest BCUT2D eigenvalue weighted by atomic mass is 11.0. The van der Waals surface area contributed by atoms with E-state index >= 15 is 0 Å². The summed E-state index contributed by atoms with van der Waals surface area (Å²) in [7, 11) is 1.74. The molecule has 0 bridgehead atoms. The van der Waals surface area contributed by atoms with Crippen molar-refractivity contribution in [3.63, 3.8) is 0 Å². The van der Waals surface area contributed by atoms with Gasteiger partial charge in [0.25, 0.3) is 0 Å². The molecule has 46 valence electrons. The van der Waals surface area contributed by atoms with Crippen LogP contribution in [-0.4, -0.2) is 27.7 Å².